The number of hydrogen-bond acceptors (Lipinski definition) is 5. The second-order valence-electron chi connectivity index (χ2n) is 10.3. The zero-order valence-electron chi connectivity index (χ0n) is 20.1. The zero-order valence-corrected chi connectivity index (χ0v) is 20.1. The number of amides is 2. The van der Waals surface area contributed by atoms with E-state index in [1.165, 1.54) is 25.9 Å². The topological polar surface area (TPSA) is 64.6 Å². The Kier molecular flexibility index (Phi) is 5.99. The minimum atomic E-state index is -0.116. The van der Waals surface area contributed by atoms with Crippen LogP contribution >= 0.6 is 0 Å². The van der Waals surface area contributed by atoms with Crippen molar-refractivity contribution in [1.29, 1.82) is 0 Å². The van der Waals surface area contributed by atoms with Gasteiger partial charge in [-0.05, 0) is 65.1 Å². The number of carbonyl (C=O) groups is 1. The van der Waals surface area contributed by atoms with Crippen LogP contribution in [0.1, 0.15) is 40.0 Å². The van der Waals surface area contributed by atoms with E-state index in [0.717, 1.165) is 36.7 Å². The Labute approximate surface area is 197 Å². The maximum Gasteiger partial charge on any atom is 0.318 e. The maximum atomic E-state index is 13.4. The van der Waals surface area contributed by atoms with Gasteiger partial charge in [-0.25, -0.2) is 14.8 Å². The van der Waals surface area contributed by atoms with Crippen LogP contribution in [0.4, 0.5) is 10.7 Å². The summed E-state index contributed by atoms with van der Waals surface area (Å²) < 4.78 is 0. The van der Waals surface area contributed by atoms with Gasteiger partial charge in [0, 0.05) is 49.0 Å². The van der Waals surface area contributed by atoms with Gasteiger partial charge in [-0.3, -0.25) is 0 Å². The lowest BCUT2D eigenvalue weighted by Crippen LogP contribution is -2.63. The van der Waals surface area contributed by atoms with E-state index in [-0.39, 0.29) is 23.7 Å². The first-order chi connectivity index (χ1) is 15.9. The third-order valence-electron chi connectivity index (χ3n) is 8.04. The number of hydrogen-bond donors (Lipinski definition) is 1. The zero-order chi connectivity index (χ0) is 23.0. The molecule has 1 unspecified atom stereocenters. The molecular weight excluding hydrogens is 412 g/mol. The molecule has 6 rings (SSSR count). The summed E-state index contributed by atoms with van der Waals surface area (Å²) in [4.78, 5) is 29.7. The quantitative estimate of drug-likeness (QED) is 0.777. The van der Waals surface area contributed by atoms with Crippen molar-refractivity contribution in [3.63, 3.8) is 0 Å². The Morgan fingerprint density at radius 2 is 1.79 bits per heavy atom. The van der Waals surface area contributed by atoms with Crippen molar-refractivity contribution >= 4 is 12.0 Å². The molecule has 5 heterocycles. The minimum absolute atomic E-state index is 0.0794. The Morgan fingerprint density at radius 1 is 1.03 bits per heavy atom. The van der Waals surface area contributed by atoms with Gasteiger partial charge in [-0.2, -0.15) is 0 Å². The van der Waals surface area contributed by atoms with Crippen molar-refractivity contribution in [1.82, 2.24) is 25.1 Å². The van der Waals surface area contributed by atoms with Gasteiger partial charge in [0.15, 0.2) is 0 Å². The average molecular weight is 449 g/mol. The fraction of sp³-hybridized carbons (Fsp3) is 0.577. The molecular formula is C26H36N6O. The van der Waals surface area contributed by atoms with Crippen LogP contribution in [0, 0.1) is 5.92 Å². The number of piperidine rings is 1. The number of benzene rings is 1. The summed E-state index contributed by atoms with van der Waals surface area (Å²) in [6.45, 7) is 11.4. The SMILES string of the molecule is C[C@@H]1CN(c2nccc(-c3ccccc3)n2)[C@H](C)CN1C(=O)NC1(C)CCN2CCC1CC2. The molecule has 4 aliphatic heterocycles. The highest BCUT2D eigenvalue weighted by Crippen LogP contribution is 2.35. The van der Waals surface area contributed by atoms with Crippen LogP contribution < -0.4 is 10.2 Å². The molecule has 0 aliphatic carbocycles. The minimum Gasteiger partial charge on any atom is -0.334 e. The number of carbonyl (C=O) groups excluding carboxylic acids is 1. The molecule has 4 saturated heterocycles. The van der Waals surface area contributed by atoms with E-state index in [4.69, 9.17) is 4.98 Å². The first-order valence-electron chi connectivity index (χ1n) is 12.4. The Hall–Kier alpha value is -2.67. The molecule has 2 amide bonds. The second-order valence-corrected chi connectivity index (χ2v) is 10.3. The number of urea groups is 1. The van der Waals surface area contributed by atoms with Gasteiger partial charge in [0.25, 0.3) is 0 Å². The molecule has 4 aliphatic rings. The van der Waals surface area contributed by atoms with Gasteiger partial charge >= 0.3 is 6.03 Å². The van der Waals surface area contributed by atoms with Crippen molar-refractivity contribution in [2.75, 3.05) is 37.6 Å². The van der Waals surface area contributed by atoms with Gasteiger partial charge < -0.3 is 20.0 Å². The van der Waals surface area contributed by atoms with Crippen LogP contribution in [0.2, 0.25) is 0 Å². The smallest absolute Gasteiger partial charge is 0.318 e. The molecule has 0 spiro atoms. The number of nitrogens with zero attached hydrogens (tertiary/aromatic N) is 5. The fourth-order valence-electron chi connectivity index (χ4n) is 5.81. The molecule has 1 aromatic carbocycles. The van der Waals surface area contributed by atoms with E-state index in [1.54, 1.807) is 0 Å². The lowest BCUT2D eigenvalue weighted by atomic mass is 9.79. The lowest BCUT2D eigenvalue weighted by Gasteiger charge is -2.46. The molecule has 2 aromatic rings. The predicted molar refractivity (Wildman–Crippen MR) is 131 cm³/mol. The van der Waals surface area contributed by atoms with Crippen LogP contribution in [0.15, 0.2) is 42.6 Å². The first kappa shape index (κ1) is 22.1. The van der Waals surface area contributed by atoms with E-state index in [9.17, 15) is 4.79 Å². The Bertz CT molecular complexity index is 976. The molecule has 0 radical (unpaired) electrons. The van der Waals surface area contributed by atoms with E-state index in [1.807, 2.05) is 35.4 Å². The molecule has 3 atom stereocenters. The summed E-state index contributed by atoms with van der Waals surface area (Å²) in [5.74, 6) is 1.31. The number of piperazine rings is 1. The largest absolute Gasteiger partial charge is 0.334 e. The van der Waals surface area contributed by atoms with Crippen LogP contribution in [-0.4, -0.2) is 76.1 Å². The van der Waals surface area contributed by atoms with E-state index >= 15 is 0 Å². The normalized spacial score (nSPS) is 31.8. The van der Waals surface area contributed by atoms with Crippen molar-refractivity contribution in [3.8, 4) is 11.3 Å². The van der Waals surface area contributed by atoms with Crippen LogP contribution in [-0.2, 0) is 0 Å². The Morgan fingerprint density at radius 3 is 2.55 bits per heavy atom. The van der Waals surface area contributed by atoms with Crippen molar-refractivity contribution in [2.45, 2.75) is 57.7 Å². The lowest BCUT2D eigenvalue weighted by molar-refractivity contribution is 0.132. The van der Waals surface area contributed by atoms with Crippen LogP contribution in [0.25, 0.3) is 11.3 Å². The molecule has 7 heteroatoms. The number of aromatic nitrogens is 2. The van der Waals surface area contributed by atoms with E-state index in [0.29, 0.717) is 12.5 Å². The summed E-state index contributed by atoms with van der Waals surface area (Å²) in [7, 11) is 0. The van der Waals surface area contributed by atoms with Crippen molar-refractivity contribution in [3.05, 3.63) is 42.6 Å². The van der Waals surface area contributed by atoms with E-state index in [2.05, 4.69) is 53.0 Å². The van der Waals surface area contributed by atoms with Crippen LogP contribution in [0.3, 0.4) is 0 Å². The highest BCUT2D eigenvalue weighted by molar-refractivity contribution is 5.76. The van der Waals surface area contributed by atoms with Gasteiger partial charge in [-0.15, -0.1) is 0 Å². The highest BCUT2D eigenvalue weighted by Gasteiger charge is 2.43. The van der Waals surface area contributed by atoms with Gasteiger partial charge in [0.1, 0.15) is 0 Å². The molecule has 0 saturated carbocycles. The van der Waals surface area contributed by atoms with Gasteiger partial charge in [0.2, 0.25) is 5.95 Å². The highest BCUT2D eigenvalue weighted by atomic mass is 16.2. The first-order valence-corrected chi connectivity index (χ1v) is 12.4. The summed E-state index contributed by atoms with van der Waals surface area (Å²) in [5.41, 5.74) is 1.89. The number of fused-ring (bicyclic) bond motifs is 4. The molecule has 1 N–H and O–H groups in total. The molecule has 4 fully saturated rings. The molecule has 1 aromatic heterocycles. The number of anilines is 1. The summed E-state index contributed by atoms with van der Waals surface area (Å²) >= 11 is 0. The number of nitrogens with one attached hydrogen (secondary N) is 1. The molecule has 7 nitrogen and oxygen atoms in total. The van der Waals surface area contributed by atoms with E-state index < -0.39 is 0 Å². The molecule has 33 heavy (non-hydrogen) atoms. The maximum absolute atomic E-state index is 13.4. The molecule has 176 valence electrons. The van der Waals surface area contributed by atoms with Gasteiger partial charge in [-0.1, -0.05) is 30.3 Å². The average Bonchev–Trinajstić information content (AvgIpc) is 3.09. The summed E-state index contributed by atoms with van der Waals surface area (Å²) in [6.07, 6.45) is 5.24. The van der Waals surface area contributed by atoms with Crippen molar-refractivity contribution in [2.24, 2.45) is 5.92 Å². The third kappa shape index (κ3) is 4.43. The second kappa shape index (κ2) is 8.93. The molecule has 2 bridgehead atoms. The fourth-order valence-corrected chi connectivity index (χ4v) is 5.81. The Balaban J connectivity index is 1.28. The van der Waals surface area contributed by atoms with Gasteiger partial charge in [0.05, 0.1) is 5.69 Å². The summed E-state index contributed by atoms with van der Waals surface area (Å²) in [6, 6.07) is 12.5. The van der Waals surface area contributed by atoms with Crippen LogP contribution in [0.5, 0.6) is 0 Å². The van der Waals surface area contributed by atoms with Crippen molar-refractivity contribution < 1.29 is 4.79 Å². The number of rotatable bonds is 3. The predicted octanol–water partition coefficient (Wildman–Crippen LogP) is 3.63. The third-order valence-corrected chi connectivity index (χ3v) is 8.04. The summed E-state index contributed by atoms with van der Waals surface area (Å²) in [5, 5.41) is 3.48. The standard InChI is InChI=1S/C26H36N6O/c1-19-18-32(25(33)29-26(3)12-16-30-14-10-22(26)11-15-30)20(2)17-31(19)24-27-13-9-23(28-24)21-7-5-4-6-8-21/h4-9,13,19-20,22H,10-12,14-18H2,1-3H3,(H,29,33)/t19-,20-,26?/m1/s1. The monoisotopic (exact) mass is 448 g/mol.